The average Bonchev–Trinajstić information content (AvgIpc) is 3.27. The Hall–Kier alpha value is -2.83. The number of ether oxygens (including phenoxy) is 2. The molecule has 2 aromatic rings. The quantitative estimate of drug-likeness (QED) is 0.509. The fraction of sp³-hybridized carbons (Fsp3) is 0.533. The van der Waals surface area contributed by atoms with Gasteiger partial charge in [-0.05, 0) is 6.92 Å². The molecule has 0 bridgehead atoms. The third kappa shape index (κ3) is 3.29. The summed E-state index contributed by atoms with van der Waals surface area (Å²) in [5.74, 6) is -0.756. The minimum Gasteiger partial charge on any atom is -0.464 e. The molecule has 3 rings (SSSR count). The van der Waals surface area contributed by atoms with Gasteiger partial charge in [-0.25, -0.2) is 14.3 Å². The first-order chi connectivity index (χ1) is 12.9. The first kappa shape index (κ1) is 18.9. The van der Waals surface area contributed by atoms with Crippen molar-refractivity contribution in [1.82, 2.24) is 24.5 Å². The van der Waals surface area contributed by atoms with Crippen LogP contribution in [0.5, 0.6) is 0 Å². The molecule has 1 fully saturated rings. The lowest BCUT2D eigenvalue weighted by Crippen LogP contribution is -2.33. The fourth-order valence-corrected chi connectivity index (χ4v) is 3.09. The number of aliphatic hydroxyl groups excluding tert-OH is 2. The fourth-order valence-electron chi connectivity index (χ4n) is 3.09. The average molecular weight is 381 g/mol. The lowest BCUT2D eigenvalue weighted by atomic mass is 10.1. The standard InChI is InChI=1S/C15H19N5O7/c1-7-4-19(15(25)16-13(7)23)11-3-8(10(6-22)27-11)20-9(5-21)12(17-18-20)14(24)26-2/h4,8,10-11,21-22H,3,5-6H2,1-2H3,(H,16,23,25)/t8-,10+,11+/m0/s1. The predicted octanol–water partition coefficient (Wildman–Crippen LogP) is -1.76. The molecule has 0 unspecified atom stereocenters. The van der Waals surface area contributed by atoms with Crippen LogP contribution in [0.2, 0.25) is 0 Å². The largest absolute Gasteiger partial charge is 0.464 e. The number of esters is 1. The van der Waals surface area contributed by atoms with Crippen molar-refractivity contribution >= 4 is 5.97 Å². The zero-order valence-corrected chi connectivity index (χ0v) is 14.7. The minimum atomic E-state index is -0.785. The SMILES string of the molecule is COC(=O)c1nnn([C@H]2C[C@H](n3cc(C)c(=O)[nH]c3=O)O[C@@H]2CO)c1CO. The van der Waals surface area contributed by atoms with Gasteiger partial charge in [0.25, 0.3) is 5.56 Å². The van der Waals surface area contributed by atoms with Crippen LogP contribution in [0.15, 0.2) is 15.8 Å². The van der Waals surface area contributed by atoms with Crippen molar-refractivity contribution in [3.8, 4) is 0 Å². The van der Waals surface area contributed by atoms with Crippen molar-refractivity contribution in [2.24, 2.45) is 0 Å². The summed E-state index contributed by atoms with van der Waals surface area (Å²) >= 11 is 0. The topological polar surface area (TPSA) is 162 Å². The van der Waals surface area contributed by atoms with Crippen LogP contribution in [0.25, 0.3) is 0 Å². The number of H-pyrrole nitrogens is 1. The molecule has 1 aliphatic rings. The van der Waals surface area contributed by atoms with E-state index in [-0.39, 0.29) is 17.8 Å². The summed E-state index contributed by atoms with van der Waals surface area (Å²) in [6.45, 7) is 0.625. The van der Waals surface area contributed by atoms with E-state index in [2.05, 4.69) is 20.0 Å². The second-order valence-electron chi connectivity index (χ2n) is 6.07. The number of hydrogen-bond acceptors (Lipinski definition) is 9. The van der Waals surface area contributed by atoms with E-state index in [1.807, 2.05) is 0 Å². The molecule has 12 heteroatoms. The van der Waals surface area contributed by atoms with Crippen molar-refractivity contribution < 1.29 is 24.5 Å². The smallest absolute Gasteiger partial charge is 0.360 e. The van der Waals surface area contributed by atoms with E-state index in [0.717, 1.165) is 0 Å². The zero-order valence-electron chi connectivity index (χ0n) is 14.7. The number of hydrogen-bond donors (Lipinski definition) is 3. The van der Waals surface area contributed by atoms with Gasteiger partial charge in [-0.15, -0.1) is 5.10 Å². The summed E-state index contributed by atoms with van der Waals surface area (Å²) in [5.41, 5.74) is -0.848. The number of aromatic amines is 1. The van der Waals surface area contributed by atoms with Crippen LogP contribution in [0.4, 0.5) is 0 Å². The summed E-state index contributed by atoms with van der Waals surface area (Å²) in [6, 6.07) is -0.604. The maximum absolute atomic E-state index is 12.1. The van der Waals surface area contributed by atoms with Gasteiger partial charge < -0.3 is 19.7 Å². The van der Waals surface area contributed by atoms with E-state index in [1.54, 1.807) is 6.92 Å². The number of rotatable bonds is 5. The van der Waals surface area contributed by atoms with Crippen LogP contribution in [0, 0.1) is 6.92 Å². The van der Waals surface area contributed by atoms with Gasteiger partial charge in [-0.1, -0.05) is 5.21 Å². The molecular formula is C15H19N5O7. The lowest BCUT2D eigenvalue weighted by Gasteiger charge is -2.17. The van der Waals surface area contributed by atoms with Gasteiger partial charge >= 0.3 is 11.7 Å². The van der Waals surface area contributed by atoms with Crippen LogP contribution >= 0.6 is 0 Å². The number of aryl methyl sites for hydroxylation is 1. The van der Waals surface area contributed by atoms with Crippen LogP contribution < -0.4 is 11.2 Å². The van der Waals surface area contributed by atoms with Crippen molar-refractivity contribution in [3.05, 3.63) is 44.0 Å². The Morgan fingerprint density at radius 3 is 2.81 bits per heavy atom. The zero-order chi connectivity index (χ0) is 19.7. The highest BCUT2D eigenvalue weighted by Crippen LogP contribution is 2.36. The molecule has 146 valence electrons. The second kappa shape index (κ2) is 7.42. The number of aromatic nitrogens is 5. The van der Waals surface area contributed by atoms with Gasteiger partial charge in [-0.3, -0.25) is 14.3 Å². The Kier molecular flexibility index (Phi) is 5.21. The molecule has 1 saturated heterocycles. The van der Waals surface area contributed by atoms with E-state index in [9.17, 15) is 24.6 Å². The van der Waals surface area contributed by atoms with E-state index < -0.39 is 48.8 Å². The molecule has 0 spiro atoms. The number of nitrogens with zero attached hydrogens (tertiary/aromatic N) is 4. The number of aliphatic hydroxyl groups is 2. The summed E-state index contributed by atoms with van der Waals surface area (Å²) in [6.07, 6.45) is 0.00359. The Labute approximate surface area is 152 Å². The highest BCUT2D eigenvalue weighted by atomic mass is 16.5. The molecule has 3 N–H and O–H groups in total. The van der Waals surface area contributed by atoms with Crippen LogP contribution in [-0.4, -0.2) is 60.5 Å². The van der Waals surface area contributed by atoms with E-state index in [0.29, 0.717) is 5.56 Å². The Balaban J connectivity index is 1.98. The molecule has 0 aromatic carbocycles. The summed E-state index contributed by atoms with van der Waals surface area (Å²) in [7, 11) is 1.18. The number of carbonyl (C=O) groups excluding carboxylic acids is 1. The highest BCUT2D eigenvalue weighted by molar-refractivity contribution is 5.88. The maximum Gasteiger partial charge on any atom is 0.360 e. The molecule has 0 saturated carbocycles. The molecule has 3 heterocycles. The van der Waals surface area contributed by atoms with Gasteiger partial charge in [-0.2, -0.15) is 0 Å². The van der Waals surface area contributed by atoms with Crippen molar-refractivity contribution in [1.29, 1.82) is 0 Å². The van der Waals surface area contributed by atoms with Gasteiger partial charge in [0.15, 0.2) is 5.69 Å². The van der Waals surface area contributed by atoms with Crippen LogP contribution in [0.1, 0.15) is 40.4 Å². The Morgan fingerprint density at radius 2 is 2.19 bits per heavy atom. The van der Waals surface area contributed by atoms with E-state index in [4.69, 9.17) is 4.74 Å². The van der Waals surface area contributed by atoms with Crippen LogP contribution in [-0.2, 0) is 16.1 Å². The number of carbonyl (C=O) groups is 1. The Morgan fingerprint density at radius 1 is 1.44 bits per heavy atom. The maximum atomic E-state index is 12.1. The molecule has 3 atom stereocenters. The lowest BCUT2D eigenvalue weighted by molar-refractivity contribution is -0.0327. The van der Waals surface area contributed by atoms with Gasteiger partial charge in [0, 0.05) is 18.2 Å². The normalized spacial score (nSPS) is 22.1. The van der Waals surface area contributed by atoms with E-state index >= 15 is 0 Å². The summed E-state index contributed by atoms with van der Waals surface area (Å²) in [5, 5.41) is 26.9. The molecule has 2 aromatic heterocycles. The molecule has 27 heavy (non-hydrogen) atoms. The van der Waals surface area contributed by atoms with E-state index in [1.165, 1.54) is 22.6 Å². The molecule has 0 radical (unpaired) electrons. The molecule has 12 nitrogen and oxygen atoms in total. The second-order valence-corrected chi connectivity index (χ2v) is 6.07. The first-order valence-electron chi connectivity index (χ1n) is 8.12. The van der Waals surface area contributed by atoms with Crippen molar-refractivity contribution in [2.75, 3.05) is 13.7 Å². The van der Waals surface area contributed by atoms with Gasteiger partial charge in [0.05, 0.1) is 32.1 Å². The molecule has 1 aliphatic heterocycles. The third-order valence-electron chi connectivity index (χ3n) is 4.47. The molecule has 0 aliphatic carbocycles. The molecular weight excluding hydrogens is 362 g/mol. The first-order valence-corrected chi connectivity index (χ1v) is 8.12. The minimum absolute atomic E-state index is 0.111. The van der Waals surface area contributed by atoms with Crippen LogP contribution in [0.3, 0.4) is 0 Å². The number of nitrogens with one attached hydrogen (secondary N) is 1. The monoisotopic (exact) mass is 381 g/mol. The van der Waals surface area contributed by atoms with Crippen molar-refractivity contribution in [3.63, 3.8) is 0 Å². The number of methoxy groups -OCH3 is 1. The predicted molar refractivity (Wildman–Crippen MR) is 88.0 cm³/mol. The Bertz CT molecular complexity index is 962. The highest BCUT2D eigenvalue weighted by Gasteiger charge is 2.40. The molecule has 0 amide bonds. The van der Waals surface area contributed by atoms with Gasteiger partial charge in [0.2, 0.25) is 0 Å². The summed E-state index contributed by atoms with van der Waals surface area (Å²) in [4.78, 5) is 37.6. The third-order valence-corrected chi connectivity index (χ3v) is 4.47. The summed E-state index contributed by atoms with van der Waals surface area (Å²) < 4.78 is 12.9. The van der Waals surface area contributed by atoms with Crippen molar-refractivity contribution in [2.45, 2.75) is 38.3 Å². The van der Waals surface area contributed by atoms with Gasteiger partial charge in [0.1, 0.15) is 12.3 Å².